The zero-order valence-corrected chi connectivity index (χ0v) is 11.8. The van der Waals surface area contributed by atoms with Gasteiger partial charge in [0.1, 0.15) is 5.82 Å². The molecular weight excluding hydrogens is 238 g/mol. The van der Waals surface area contributed by atoms with Gasteiger partial charge in [-0.1, -0.05) is 20.8 Å². The normalized spacial score (nSPS) is 10.9. The molecule has 0 saturated heterocycles. The molecule has 2 aromatic rings. The predicted molar refractivity (Wildman–Crippen MR) is 76.5 cm³/mol. The second-order valence-corrected chi connectivity index (χ2v) is 5.01. The summed E-state index contributed by atoms with van der Waals surface area (Å²) in [6.45, 7) is 7.44. The Hall–Kier alpha value is -1.91. The minimum atomic E-state index is 0.582. The van der Waals surface area contributed by atoms with Gasteiger partial charge in [0.25, 0.3) is 5.95 Å². The molecule has 2 aromatic heterocycles. The van der Waals surface area contributed by atoms with E-state index in [1.54, 1.807) is 23.1 Å². The van der Waals surface area contributed by atoms with Crippen molar-refractivity contribution in [3.05, 3.63) is 30.2 Å². The molecule has 19 heavy (non-hydrogen) atoms. The summed E-state index contributed by atoms with van der Waals surface area (Å²) in [7, 11) is 0. The molecule has 0 bridgehead atoms. The molecule has 0 spiro atoms. The highest BCUT2D eigenvalue weighted by atomic mass is 15.4. The summed E-state index contributed by atoms with van der Waals surface area (Å²) >= 11 is 0. The lowest BCUT2D eigenvalue weighted by Gasteiger charge is -2.06. The Morgan fingerprint density at radius 2 is 2.00 bits per heavy atom. The van der Waals surface area contributed by atoms with Crippen LogP contribution in [0.5, 0.6) is 0 Å². The van der Waals surface area contributed by atoms with Crippen LogP contribution in [0.4, 0.5) is 5.82 Å². The molecule has 0 saturated carbocycles. The van der Waals surface area contributed by atoms with Crippen LogP contribution in [0.25, 0.3) is 5.95 Å². The average molecular weight is 259 g/mol. The number of rotatable bonds is 6. The maximum atomic E-state index is 4.60. The van der Waals surface area contributed by atoms with Crippen LogP contribution in [-0.2, 0) is 6.42 Å². The third kappa shape index (κ3) is 3.53. The highest BCUT2D eigenvalue weighted by molar-refractivity contribution is 5.41. The Morgan fingerprint density at radius 1 is 1.26 bits per heavy atom. The summed E-state index contributed by atoms with van der Waals surface area (Å²) < 4.78 is 1.79. The van der Waals surface area contributed by atoms with Crippen molar-refractivity contribution in [1.82, 2.24) is 19.7 Å². The molecule has 102 valence electrons. The molecular formula is C14H21N5. The van der Waals surface area contributed by atoms with Crippen LogP contribution in [0.3, 0.4) is 0 Å². The summed E-state index contributed by atoms with van der Waals surface area (Å²) in [4.78, 5) is 8.52. The van der Waals surface area contributed by atoms with E-state index < -0.39 is 0 Å². The van der Waals surface area contributed by atoms with Gasteiger partial charge in [-0.2, -0.15) is 9.78 Å². The molecule has 0 atom stereocenters. The molecule has 1 N–H and O–H groups in total. The molecule has 5 heteroatoms. The van der Waals surface area contributed by atoms with Crippen molar-refractivity contribution >= 4 is 5.82 Å². The first kappa shape index (κ1) is 13.5. The van der Waals surface area contributed by atoms with Gasteiger partial charge in [0.05, 0.1) is 5.69 Å². The molecule has 0 radical (unpaired) electrons. The van der Waals surface area contributed by atoms with E-state index in [2.05, 4.69) is 47.2 Å². The van der Waals surface area contributed by atoms with Gasteiger partial charge in [0.2, 0.25) is 0 Å². The summed E-state index contributed by atoms with van der Waals surface area (Å²) in [6, 6.07) is 3.90. The van der Waals surface area contributed by atoms with Gasteiger partial charge in [-0.25, -0.2) is 9.97 Å². The molecule has 0 amide bonds. The molecule has 5 nitrogen and oxygen atoms in total. The van der Waals surface area contributed by atoms with E-state index >= 15 is 0 Å². The lowest BCUT2D eigenvalue weighted by molar-refractivity contribution is 0.626. The van der Waals surface area contributed by atoms with Gasteiger partial charge < -0.3 is 5.32 Å². The number of hydrogen-bond donors (Lipinski definition) is 1. The Labute approximate surface area is 114 Å². The Kier molecular flexibility index (Phi) is 4.49. The lowest BCUT2D eigenvalue weighted by Crippen LogP contribution is -2.09. The summed E-state index contributed by atoms with van der Waals surface area (Å²) in [5.74, 6) is 2.15. The van der Waals surface area contributed by atoms with E-state index in [0.717, 1.165) is 30.9 Å². The second kappa shape index (κ2) is 6.31. The van der Waals surface area contributed by atoms with Crippen molar-refractivity contribution in [3.8, 4) is 5.95 Å². The molecule has 2 heterocycles. The first-order chi connectivity index (χ1) is 9.20. The predicted octanol–water partition coefficient (Wildman–Crippen LogP) is 2.68. The maximum Gasteiger partial charge on any atom is 0.252 e. The minimum absolute atomic E-state index is 0.582. The summed E-state index contributed by atoms with van der Waals surface area (Å²) in [5, 5.41) is 7.98. The molecule has 0 aliphatic carbocycles. The van der Waals surface area contributed by atoms with Crippen molar-refractivity contribution < 1.29 is 0 Å². The summed E-state index contributed by atoms with van der Waals surface area (Å²) in [5.41, 5.74) is 1.07. The van der Waals surface area contributed by atoms with Crippen LogP contribution in [0.2, 0.25) is 0 Å². The van der Waals surface area contributed by atoms with Crippen LogP contribution < -0.4 is 5.32 Å². The van der Waals surface area contributed by atoms with E-state index in [0.29, 0.717) is 11.9 Å². The molecule has 0 fully saturated rings. The SMILES string of the molecule is CCCNc1cc(CC(C)C)nn1-c1ncccn1. The van der Waals surface area contributed by atoms with Crippen LogP contribution in [-0.4, -0.2) is 26.3 Å². The van der Waals surface area contributed by atoms with E-state index in [9.17, 15) is 0 Å². The Morgan fingerprint density at radius 3 is 2.63 bits per heavy atom. The third-order valence-electron chi connectivity index (χ3n) is 2.68. The maximum absolute atomic E-state index is 4.60. The van der Waals surface area contributed by atoms with E-state index in [4.69, 9.17) is 0 Å². The zero-order chi connectivity index (χ0) is 13.7. The Bertz CT molecular complexity index is 504. The van der Waals surface area contributed by atoms with Crippen molar-refractivity contribution in [2.75, 3.05) is 11.9 Å². The number of nitrogens with zero attached hydrogens (tertiary/aromatic N) is 4. The van der Waals surface area contributed by atoms with Crippen molar-refractivity contribution in [2.45, 2.75) is 33.6 Å². The van der Waals surface area contributed by atoms with Gasteiger partial charge in [-0.3, -0.25) is 0 Å². The standard InChI is InChI=1S/C14H21N5/c1-4-6-15-13-10-12(9-11(2)3)18-19(13)14-16-7-5-8-17-14/h5,7-8,10-11,15H,4,6,9H2,1-3H3. The molecule has 0 aliphatic heterocycles. The zero-order valence-electron chi connectivity index (χ0n) is 11.8. The molecule has 0 aliphatic rings. The van der Waals surface area contributed by atoms with Crippen LogP contribution in [0.15, 0.2) is 24.5 Å². The van der Waals surface area contributed by atoms with Crippen LogP contribution >= 0.6 is 0 Å². The van der Waals surface area contributed by atoms with Crippen molar-refractivity contribution in [2.24, 2.45) is 5.92 Å². The quantitative estimate of drug-likeness (QED) is 0.866. The molecule has 2 rings (SSSR count). The van der Waals surface area contributed by atoms with Gasteiger partial charge >= 0.3 is 0 Å². The number of hydrogen-bond acceptors (Lipinski definition) is 4. The fraction of sp³-hybridized carbons (Fsp3) is 0.500. The van der Waals surface area contributed by atoms with Gasteiger partial charge in [-0.05, 0) is 24.8 Å². The first-order valence-corrected chi connectivity index (χ1v) is 6.81. The Balaban J connectivity index is 2.31. The summed E-state index contributed by atoms with van der Waals surface area (Å²) in [6.07, 6.45) is 5.49. The van der Waals surface area contributed by atoms with Crippen molar-refractivity contribution in [3.63, 3.8) is 0 Å². The highest BCUT2D eigenvalue weighted by Crippen LogP contribution is 2.16. The lowest BCUT2D eigenvalue weighted by atomic mass is 10.1. The molecule has 0 aromatic carbocycles. The molecule has 0 unspecified atom stereocenters. The van der Waals surface area contributed by atoms with Gasteiger partial charge in [0.15, 0.2) is 0 Å². The average Bonchev–Trinajstić information content (AvgIpc) is 2.79. The van der Waals surface area contributed by atoms with Crippen LogP contribution in [0.1, 0.15) is 32.9 Å². The number of aromatic nitrogens is 4. The smallest absolute Gasteiger partial charge is 0.252 e. The van der Waals surface area contributed by atoms with E-state index in [1.165, 1.54) is 0 Å². The van der Waals surface area contributed by atoms with Gasteiger partial charge in [0, 0.05) is 25.0 Å². The van der Waals surface area contributed by atoms with E-state index in [1.807, 2.05) is 0 Å². The fourth-order valence-electron chi connectivity index (χ4n) is 1.88. The van der Waals surface area contributed by atoms with E-state index in [-0.39, 0.29) is 0 Å². The van der Waals surface area contributed by atoms with Crippen molar-refractivity contribution in [1.29, 1.82) is 0 Å². The number of nitrogens with one attached hydrogen (secondary N) is 1. The van der Waals surface area contributed by atoms with Gasteiger partial charge in [-0.15, -0.1) is 0 Å². The second-order valence-electron chi connectivity index (χ2n) is 5.01. The monoisotopic (exact) mass is 259 g/mol. The fourth-order valence-corrected chi connectivity index (χ4v) is 1.88. The highest BCUT2D eigenvalue weighted by Gasteiger charge is 2.11. The number of anilines is 1. The minimum Gasteiger partial charge on any atom is -0.370 e. The largest absolute Gasteiger partial charge is 0.370 e. The first-order valence-electron chi connectivity index (χ1n) is 6.81. The topological polar surface area (TPSA) is 55.6 Å². The third-order valence-corrected chi connectivity index (χ3v) is 2.68. The van der Waals surface area contributed by atoms with Crippen LogP contribution in [0, 0.1) is 5.92 Å².